The molecule has 1 aromatic rings. The van der Waals surface area contributed by atoms with Crippen molar-refractivity contribution < 1.29 is 5.11 Å². The van der Waals surface area contributed by atoms with E-state index in [9.17, 15) is 5.11 Å². The average Bonchev–Trinajstić information content (AvgIpc) is 2.26. The largest absolute Gasteiger partial charge is 0.507 e. The van der Waals surface area contributed by atoms with Crippen molar-refractivity contribution in [1.82, 2.24) is 0 Å². The monoisotopic (exact) mass is 204 g/mol. The molecule has 0 unspecified atom stereocenters. The molecule has 1 aromatic carbocycles. The number of aryl methyl sites for hydroxylation is 1. The van der Waals surface area contributed by atoms with Crippen molar-refractivity contribution >= 4 is 0 Å². The second kappa shape index (κ2) is 4.69. The van der Waals surface area contributed by atoms with Crippen LogP contribution in [-0.4, -0.2) is 5.11 Å². The zero-order chi connectivity index (χ0) is 10.7. The number of benzene rings is 1. The van der Waals surface area contributed by atoms with E-state index >= 15 is 0 Å². The summed E-state index contributed by atoms with van der Waals surface area (Å²) < 4.78 is 0. The minimum absolute atomic E-state index is 0.517. The lowest BCUT2D eigenvalue weighted by Gasteiger charge is -2.22. The topological polar surface area (TPSA) is 20.2 Å². The van der Waals surface area contributed by atoms with Crippen LogP contribution in [-0.2, 0) is 6.42 Å². The number of phenols is 1. The molecule has 1 nitrogen and oxygen atoms in total. The lowest BCUT2D eigenvalue weighted by Crippen LogP contribution is -2.09. The van der Waals surface area contributed by atoms with Gasteiger partial charge < -0.3 is 5.11 Å². The Morgan fingerprint density at radius 2 is 1.93 bits per heavy atom. The van der Waals surface area contributed by atoms with E-state index in [0.717, 1.165) is 23.5 Å². The molecular formula is C14H20O. The summed E-state index contributed by atoms with van der Waals surface area (Å²) in [4.78, 5) is 0. The van der Waals surface area contributed by atoms with Crippen molar-refractivity contribution in [3.8, 4) is 5.75 Å². The van der Waals surface area contributed by atoms with Gasteiger partial charge in [0.15, 0.2) is 0 Å². The molecule has 0 aromatic heterocycles. The number of aromatic hydroxyl groups is 1. The third-order valence-electron chi connectivity index (χ3n) is 3.55. The Morgan fingerprint density at radius 1 is 1.20 bits per heavy atom. The van der Waals surface area contributed by atoms with Crippen molar-refractivity contribution in [3.05, 3.63) is 29.3 Å². The van der Waals surface area contributed by atoms with Gasteiger partial charge in [0.05, 0.1) is 0 Å². The summed E-state index contributed by atoms with van der Waals surface area (Å²) in [6, 6.07) is 6.09. The first-order chi connectivity index (χ1) is 7.27. The van der Waals surface area contributed by atoms with Crippen molar-refractivity contribution in [2.45, 2.75) is 45.4 Å². The molecule has 82 valence electrons. The Hall–Kier alpha value is -0.980. The van der Waals surface area contributed by atoms with Gasteiger partial charge >= 0.3 is 0 Å². The second-order valence-electron chi connectivity index (χ2n) is 4.79. The molecule has 0 atom stereocenters. The van der Waals surface area contributed by atoms with Gasteiger partial charge in [0.1, 0.15) is 5.75 Å². The van der Waals surface area contributed by atoms with Crippen molar-refractivity contribution in [2.24, 2.45) is 5.92 Å². The van der Waals surface area contributed by atoms with Crippen LogP contribution in [0.1, 0.15) is 43.2 Å². The molecule has 0 saturated heterocycles. The quantitative estimate of drug-likeness (QED) is 0.776. The third kappa shape index (κ3) is 2.53. The number of phenolic OH excluding ortho intramolecular Hbond substituents is 1. The Balaban J connectivity index is 2.06. The molecule has 0 amide bonds. The van der Waals surface area contributed by atoms with Gasteiger partial charge in [-0.25, -0.2) is 0 Å². The number of para-hydroxylation sites is 1. The predicted octanol–water partition coefficient (Wildman–Crippen LogP) is 3.82. The SMILES string of the molecule is Cc1cccc(CC2CCCCC2)c1O. The molecule has 0 bridgehead atoms. The summed E-state index contributed by atoms with van der Waals surface area (Å²) in [6.45, 7) is 1.97. The number of rotatable bonds is 2. The first-order valence-corrected chi connectivity index (χ1v) is 6.05. The summed E-state index contributed by atoms with van der Waals surface area (Å²) in [5, 5.41) is 9.93. The van der Waals surface area contributed by atoms with Gasteiger partial charge in [-0.15, -0.1) is 0 Å². The van der Waals surface area contributed by atoms with Crippen LogP contribution in [0, 0.1) is 12.8 Å². The minimum Gasteiger partial charge on any atom is -0.507 e. The average molecular weight is 204 g/mol. The maximum Gasteiger partial charge on any atom is 0.121 e. The van der Waals surface area contributed by atoms with E-state index in [-0.39, 0.29) is 0 Å². The Morgan fingerprint density at radius 3 is 2.67 bits per heavy atom. The standard InChI is InChI=1S/C14H20O/c1-11-6-5-9-13(14(11)15)10-12-7-3-2-4-8-12/h5-6,9,12,15H,2-4,7-8,10H2,1H3. The first-order valence-electron chi connectivity index (χ1n) is 6.05. The van der Waals surface area contributed by atoms with E-state index in [0.29, 0.717) is 5.75 Å². The molecule has 1 aliphatic rings. The highest BCUT2D eigenvalue weighted by Gasteiger charge is 2.15. The lowest BCUT2D eigenvalue weighted by atomic mass is 9.84. The fourth-order valence-corrected chi connectivity index (χ4v) is 2.59. The third-order valence-corrected chi connectivity index (χ3v) is 3.55. The molecule has 0 aliphatic heterocycles. The molecule has 1 N–H and O–H groups in total. The van der Waals surface area contributed by atoms with E-state index in [4.69, 9.17) is 0 Å². The number of hydrogen-bond acceptors (Lipinski definition) is 1. The molecule has 0 spiro atoms. The molecule has 2 rings (SSSR count). The normalized spacial score (nSPS) is 17.9. The van der Waals surface area contributed by atoms with Gasteiger partial charge in [-0.3, -0.25) is 0 Å². The molecular weight excluding hydrogens is 184 g/mol. The van der Waals surface area contributed by atoms with Gasteiger partial charge in [0.2, 0.25) is 0 Å². The van der Waals surface area contributed by atoms with Crippen LogP contribution in [0.15, 0.2) is 18.2 Å². The second-order valence-corrected chi connectivity index (χ2v) is 4.79. The zero-order valence-corrected chi connectivity index (χ0v) is 9.50. The summed E-state index contributed by atoms with van der Waals surface area (Å²) in [5.41, 5.74) is 2.14. The lowest BCUT2D eigenvalue weighted by molar-refractivity contribution is 0.351. The Kier molecular flexibility index (Phi) is 3.30. The van der Waals surface area contributed by atoms with Gasteiger partial charge in [-0.05, 0) is 30.4 Å². The van der Waals surface area contributed by atoms with Gasteiger partial charge in [-0.1, -0.05) is 50.3 Å². The highest BCUT2D eigenvalue weighted by atomic mass is 16.3. The summed E-state index contributed by atoms with van der Waals surface area (Å²) >= 11 is 0. The molecule has 1 saturated carbocycles. The first kappa shape index (κ1) is 10.5. The smallest absolute Gasteiger partial charge is 0.121 e. The van der Waals surface area contributed by atoms with Gasteiger partial charge in [0.25, 0.3) is 0 Å². The highest BCUT2D eigenvalue weighted by molar-refractivity contribution is 5.39. The van der Waals surface area contributed by atoms with Crippen LogP contribution >= 0.6 is 0 Å². The summed E-state index contributed by atoms with van der Waals surface area (Å²) in [5.74, 6) is 1.31. The van der Waals surface area contributed by atoms with Crippen LogP contribution in [0.4, 0.5) is 0 Å². The van der Waals surface area contributed by atoms with E-state index < -0.39 is 0 Å². The van der Waals surface area contributed by atoms with E-state index in [1.165, 1.54) is 32.1 Å². The van der Waals surface area contributed by atoms with Crippen LogP contribution in [0.3, 0.4) is 0 Å². The Bertz CT molecular complexity index is 324. The fourth-order valence-electron chi connectivity index (χ4n) is 2.59. The summed E-state index contributed by atoms with van der Waals surface area (Å²) in [7, 11) is 0. The fraction of sp³-hybridized carbons (Fsp3) is 0.571. The maximum atomic E-state index is 9.93. The van der Waals surface area contributed by atoms with E-state index in [1.807, 2.05) is 19.1 Å². The zero-order valence-electron chi connectivity index (χ0n) is 9.50. The van der Waals surface area contributed by atoms with Crippen molar-refractivity contribution in [3.63, 3.8) is 0 Å². The van der Waals surface area contributed by atoms with Crippen LogP contribution < -0.4 is 0 Å². The number of hydrogen-bond donors (Lipinski definition) is 1. The summed E-state index contributed by atoms with van der Waals surface area (Å²) in [6.07, 6.45) is 7.89. The van der Waals surface area contributed by atoms with E-state index in [2.05, 4.69) is 6.07 Å². The molecule has 1 heteroatoms. The van der Waals surface area contributed by atoms with Crippen molar-refractivity contribution in [2.75, 3.05) is 0 Å². The maximum absolute atomic E-state index is 9.93. The molecule has 0 heterocycles. The highest BCUT2D eigenvalue weighted by Crippen LogP contribution is 2.30. The molecule has 1 fully saturated rings. The molecule has 1 aliphatic carbocycles. The van der Waals surface area contributed by atoms with Crippen LogP contribution in [0.25, 0.3) is 0 Å². The predicted molar refractivity (Wildman–Crippen MR) is 63.1 cm³/mol. The van der Waals surface area contributed by atoms with Crippen LogP contribution in [0.5, 0.6) is 5.75 Å². The van der Waals surface area contributed by atoms with Crippen molar-refractivity contribution in [1.29, 1.82) is 0 Å². The molecule has 0 radical (unpaired) electrons. The van der Waals surface area contributed by atoms with Gasteiger partial charge in [0, 0.05) is 0 Å². The van der Waals surface area contributed by atoms with E-state index in [1.54, 1.807) is 0 Å². The Labute approximate surface area is 92.1 Å². The minimum atomic E-state index is 0.517. The molecule has 15 heavy (non-hydrogen) atoms. The van der Waals surface area contributed by atoms with Gasteiger partial charge in [-0.2, -0.15) is 0 Å². The van der Waals surface area contributed by atoms with Crippen LogP contribution in [0.2, 0.25) is 0 Å².